The summed E-state index contributed by atoms with van der Waals surface area (Å²) in [4.78, 5) is 14.0. The molecule has 0 bridgehead atoms. The van der Waals surface area contributed by atoms with Gasteiger partial charge in [0.05, 0.1) is 5.69 Å². The second-order valence-electron chi connectivity index (χ2n) is 4.62. The lowest BCUT2D eigenvalue weighted by Crippen LogP contribution is -2.43. The third-order valence-electron chi connectivity index (χ3n) is 3.51. The summed E-state index contributed by atoms with van der Waals surface area (Å²) in [6, 6.07) is 6.45. The van der Waals surface area contributed by atoms with E-state index < -0.39 is 0 Å². The van der Waals surface area contributed by atoms with Crippen LogP contribution in [0.25, 0.3) is 0 Å². The van der Waals surface area contributed by atoms with Crippen molar-refractivity contribution in [2.45, 2.75) is 26.2 Å². The molecular formula is C13H15NO. The van der Waals surface area contributed by atoms with E-state index in [-0.39, 0.29) is 5.92 Å². The molecule has 1 amide bonds. The summed E-state index contributed by atoms with van der Waals surface area (Å²) < 4.78 is 0. The third-order valence-corrected chi connectivity index (χ3v) is 3.51. The van der Waals surface area contributed by atoms with Gasteiger partial charge in [-0.15, -0.1) is 0 Å². The number of rotatable bonds is 0. The average Bonchev–Trinajstić information content (AvgIpc) is 2.26. The molecule has 3 rings (SSSR count). The molecule has 2 nitrogen and oxygen atoms in total. The van der Waals surface area contributed by atoms with Gasteiger partial charge in [-0.2, -0.15) is 0 Å². The summed E-state index contributed by atoms with van der Waals surface area (Å²) in [6.07, 6.45) is 3.15. The largest absolute Gasteiger partial charge is 0.312 e. The summed E-state index contributed by atoms with van der Waals surface area (Å²) in [7, 11) is 0. The smallest absolute Gasteiger partial charge is 0.230 e. The normalized spacial score (nSPS) is 23.9. The van der Waals surface area contributed by atoms with E-state index >= 15 is 0 Å². The molecule has 1 aromatic carbocycles. The minimum absolute atomic E-state index is 0.158. The van der Waals surface area contributed by atoms with Gasteiger partial charge in [-0.25, -0.2) is 0 Å². The lowest BCUT2D eigenvalue weighted by Gasteiger charge is -2.37. The molecule has 1 aromatic rings. The Morgan fingerprint density at radius 1 is 1.33 bits per heavy atom. The number of nitrogens with zero attached hydrogens (tertiary/aromatic N) is 1. The minimum Gasteiger partial charge on any atom is -0.312 e. The molecule has 0 aliphatic carbocycles. The van der Waals surface area contributed by atoms with E-state index in [9.17, 15) is 4.79 Å². The molecule has 78 valence electrons. The van der Waals surface area contributed by atoms with E-state index in [0.717, 1.165) is 25.8 Å². The molecule has 1 unspecified atom stereocenters. The van der Waals surface area contributed by atoms with Gasteiger partial charge in [-0.05, 0) is 30.4 Å². The molecule has 2 aliphatic heterocycles. The number of hydrogen-bond acceptors (Lipinski definition) is 1. The van der Waals surface area contributed by atoms with Gasteiger partial charge in [0.25, 0.3) is 0 Å². The Morgan fingerprint density at radius 3 is 3.00 bits per heavy atom. The molecule has 15 heavy (non-hydrogen) atoms. The maximum atomic E-state index is 12.0. The number of carbonyl (C=O) groups is 1. The highest BCUT2D eigenvalue weighted by Gasteiger charge is 2.32. The number of aryl methyl sites for hydroxylation is 1. The topological polar surface area (TPSA) is 20.3 Å². The maximum Gasteiger partial charge on any atom is 0.230 e. The average molecular weight is 201 g/mol. The van der Waals surface area contributed by atoms with Crippen molar-refractivity contribution in [2.75, 3.05) is 11.4 Å². The van der Waals surface area contributed by atoms with Crippen LogP contribution < -0.4 is 4.90 Å². The van der Waals surface area contributed by atoms with E-state index in [0.29, 0.717) is 5.91 Å². The molecule has 0 saturated carbocycles. The first kappa shape index (κ1) is 8.96. The van der Waals surface area contributed by atoms with Gasteiger partial charge in [-0.3, -0.25) is 4.79 Å². The molecule has 0 aromatic heterocycles. The van der Waals surface area contributed by atoms with E-state index in [1.807, 2.05) is 11.8 Å². The molecule has 0 N–H and O–H groups in total. The number of amides is 1. The second-order valence-corrected chi connectivity index (χ2v) is 4.62. The van der Waals surface area contributed by atoms with Crippen LogP contribution in [0.15, 0.2) is 18.2 Å². The van der Waals surface area contributed by atoms with Crippen LogP contribution in [0.1, 0.15) is 24.5 Å². The standard InChI is InChI=1S/C13H15NO/c1-9-8-11-5-2-4-10-6-3-7-14(12(10)11)13(9)15/h2,4-5,9H,3,6-8H2,1H3. The van der Waals surface area contributed by atoms with Crippen molar-refractivity contribution in [3.63, 3.8) is 0 Å². The van der Waals surface area contributed by atoms with Crippen LogP contribution in [0.2, 0.25) is 0 Å². The number of hydrogen-bond donors (Lipinski definition) is 0. The quantitative estimate of drug-likeness (QED) is 0.630. The number of anilines is 1. The molecule has 2 heteroatoms. The van der Waals surface area contributed by atoms with Gasteiger partial charge >= 0.3 is 0 Å². The summed E-state index contributed by atoms with van der Waals surface area (Å²) in [6.45, 7) is 2.94. The van der Waals surface area contributed by atoms with Gasteiger partial charge in [0.1, 0.15) is 0 Å². The van der Waals surface area contributed by atoms with Crippen molar-refractivity contribution in [3.05, 3.63) is 29.3 Å². The Balaban J connectivity index is 2.20. The van der Waals surface area contributed by atoms with E-state index in [2.05, 4.69) is 18.2 Å². The fraction of sp³-hybridized carbons (Fsp3) is 0.462. The third kappa shape index (κ3) is 1.21. The van der Waals surface area contributed by atoms with Crippen molar-refractivity contribution in [3.8, 4) is 0 Å². The lowest BCUT2D eigenvalue weighted by atomic mass is 9.87. The molecular weight excluding hydrogens is 186 g/mol. The van der Waals surface area contributed by atoms with Gasteiger partial charge in [0.2, 0.25) is 5.91 Å². The molecule has 0 radical (unpaired) electrons. The Kier molecular flexibility index (Phi) is 1.84. The Hall–Kier alpha value is -1.31. The summed E-state index contributed by atoms with van der Waals surface area (Å²) >= 11 is 0. The van der Waals surface area contributed by atoms with Gasteiger partial charge < -0.3 is 4.90 Å². The van der Waals surface area contributed by atoms with Crippen LogP contribution in [-0.4, -0.2) is 12.5 Å². The first-order valence-electron chi connectivity index (χ1n) is 5.69. The van der Waals surface area contributed by atoms with Crippen LogP contribution in [0.4, 0.5) is 5.69 Å². The minimum atomic E-state index is 0.158. The molecule has 0 saturated heterocycles. The molecule has 2 heterocycles. The monoisotopic (exact) mass is 201 g/mol. The number of para-hydroxylation sites is 1. The van der Waals surface area contributed by atoms with Crippen molar-refractivity contribution in [2.24, 2.45) is 5.92 Å². The summed E-state index contributed by atoms with van der Waals surface area (Å²) in [5.74, 6) is 0.473. The van der Waals surface area contributed by atoms with Crippen LogP contribution in [0, 0.1) is 5.92 Å². The van der Waals surface area contributed by atoms with Crippen molar-refractivity contribution in [1.29, 1.82) is 0 Å². The second kappa shape index (κ2) is 3.09. The SMILES string of the molecule is CC1Cc2cccc3c2N(CCC3)C1=O. The Labute approximate surface area is 89.9 Å². The first-order chi connectivity index (χ1) is 7.27. The maximum absolute atomic E-state index is 12.0. The van der Waals surface area contributed by atoms with Crippen LogP contribution in [0.3, 0.4) is 0 Å². The summed E-state index contributed by atoms with van der Waals surface area (Å²) in [5.41, 5.74) is 3.95. The summed E-state index contributed by atoms with van der Waals surface area (Å²) in [5, 5.41) is 0. The molecule has 0 fully saturated rings. The Morgan fingerprint density at radius 2 is 2.13 bits per heavy atom. The highest BCUT2D eigenvalue weighted by Crippen LogP contribution is 2.36. The zero-order valence-electron chi connectivity index (χ0n) is 8.99. The highest BCUT2D eigenvalue weighted by atomic mass is 16.2. The van der Waals surface area contributed by atoms with E-state index in [1.54, 1.807) is 0 Å². The number of benzene rings is 1. The number of carbonyl (C=O) groups excluding carboxylic acids is 1. The van der Waals surface area contributed by atoms with Crippen LogP contribution in [0.5, 0.6) is 0 Å². The van der Waals surface area contributed by atoms with Gasteiger partial charge in [0.15, 0.2) is 0 Å². The molecule has 0 spiro atoms. The predicted molar refractivity (Wildman–Crippen MR) is 60.0 cm³/mol. The first-order valence-corrected chi connectivity index (χ1v) is 5.69. The molecule has 1 atom stereocenters. The van der Waals surface area contributed by atoms with Gasteiger partial charge in [0, 0.05) is 12.5 Å². The van der Waals surface area contributed by atoms with Gasteiger partial charge in [-0.1, -0.05) is 25.1 Å². The van der Waals surface area contributed by atoms with Crippen molar-refractivity contribution in [1.82, 2.24) is 0 Å². The van der Waals surface area contributed by atoms with Crippen molar-refractivity contribution < 1.29 is 4.79 Å². The zero-order chi connectivity index (χ0) is 10.4. The fourth-order valence-electron chi connectivity index (χ4n) is 2.80. The Bertz CT molecular complexity index is 425. The fourth-order valence-corrected chi connectivity index (χ4v) is 2.80. The van der Waals surface area contributed by atoms with E-state index in [1.165, 1.54) is 16.8 Å². The van der Waals surface area contributed by atoms with E-state index in [4.69, 9.17) is 0 Å². The lowest BCUT2D eigenvalue weighted by molar-refractivity contribution is -0.122. The van der Waals surface area contributed by atoms with Crippen molar-refractivity contribution >= 4 is 11.6 Å². The molecule has 2 aliphatic rings. The van der Waals surface area contributed by atoms with Crippen LogP contribution in [-0.2, 0) is 17.6 Å². The van der Waals surface area contributed by atoms with Crippen LogP contribution >= 0.6 is 0 Å². The zero-order valence-corrected chi connectivity index (χ0v) is 8.99. The highest BCUT2D eigenvalue weighted by molar-refractivity contribution is 5.99. The predicted octanol–water partition coefficient (Wildman–Crippen LogP) is 2.16.